The molecular formula is C11H18N2O2. The van der Waals surface area contributed by atoms with E-state index in [-0.39, 0.29) is 6.61 Å². The highest BCUT2D eigenvalue weighted by Crippen LogP contribution is 2.16. The van der Waals surface area contributed by atoms with Crippen LogP contribution in [0.2, 0.25) is 0 Å². The average Bonchev–Trinajstić information content (AvgIpc) is 2.61. The van der Waals surface area contributed by atoms with E-state index in [0.717, 1.165) is 44.0 Å². The number of aryl methyl sites for hydroxylation is 1. The van der Waals surface area contributed by atoms with Crippen molar-refractivity contribution in [3.8, 4) is 0 Å². The molecule has 0 unspecified atom stereocenters. The number of nitrogens with one attached hydrogen (secondary N) is 1. The molecule has 1 fully saturated rings. The third kappa shape index (κ3) is 2.59. The fraction of sp³-hybridized carbons (Fsp3) is 0.636. The highest BCUT2D eigenvalue weighted by atomic mass is 16.4. The number of hydrogen-bond donors (Lipinski definition) is 2. The van der Waals surface area contributed by atoms with Gasteiger partial charge in [0.05, 0.1) is 6.54 Å². The average molecular weight is 210 g/mol. The molecule has 1 aromatic rings. The third-order valence-corrected chi connectivity index (χ3v) is 2.80. The summed E-state index contributed by atoms with van der Waals surface area (Å²) in [6.07, 6.45) is 0. The van der Waals surface area contributed by atoms with Gasteiger partial charge < -0.3 is 14.8 Å². The molecule has 0 bridgehead atoms. The summed E-state index contributed by atoms with van der Waals surface area (Å²) in [5.74, 6) is 1.65. The molecule has 1 saturated heterocycles. The molecule has 2 rings (SSSR count). The lowest BCUT2D eigenvalue weighted by molar-refractivity contribution is 0.202. The van der Waals surface area contributed by atoms with Gasteiger partial charge in [-0.25, -0.2) is 0 Å². The van der Waals surface area contributed by atoms with Crippen LogP contribution in [0.3, 0.4) is 0 Å². The van der Waals surface area contributed by atoms with Gasteiger partial charge in [0, 0.05) is 26.2 Å². The SMILES string of the molecule is Cc1cc(CO)oc1CN1CCNCC1. The number of aliphatic hydroxyl groups is 1. The molecule has 84 valence electrons. The van der Waals surface area contributed by atoms with E-state index < -0.39 is 0 Å². The van der Waals surface area contributed by atoms with Crippen molar-refractivity contribution in [3.63, 3.8) is 0 Å². The van der Waals surface area contributed by atoms with E-state index in [9.17, 15) is 0 Å². The van der Waals surface area contributed by atoms with Gasteiger partial charge in [-0.15, -0.1) is 0 Å². The van der Waals surface area contributed by atoms with Crippen LogP contribution in [0.15, 0.2) is 10.5 Å². The van der Waals surface area contributed by atoms with Crippen LogP contribution >= 0.6 is 0 Å². The number of piperazine rings is 1. The monoisotopic (exact) mass is 210 g/mol. The molecule has 2 N–H and O–H groups in total. The molecule has 4 heteroatoms. The van der Waals surface area contributed by atoms with Crippen LogP contribution in [0.1, 0.15) is 17.1 Å². The van der Waals surface area contributed by atoms with Gasteiger partial charge in [-0.05, 0) is 18.6 Å². The van der Waals surface area contributed by atoms with Gasteiger partial charge in [-0.1, -0.05) is 0 Å². The number of hydrogen-bond acceptors (Lipinski definition) is 4. The quantitative estimate of drug-likeness (QED) is 0.762. The van der Waals surface area contributed by atoms with Crippen LogP contribution in [0.4, 0.5) is 0 Å². The minimum Gasteiger partial charge on any atom is -0.462 e. The van der Waals surface area contributed by atoms with Crippen molar-refractivity contribution in [2.75, 3.05) is 26.2 Å². The first-order valence-corrected chi connectivity index (χ1v) is 5.41. The van der Waals surface area contributed by atoms with Gasteiger partial charge in [0.25, 0.3) is 0 Å². The van der Waals surface area contributed by atoms with Crippen LogP contribution in [-0.4, -0.2) is 36.2 Å². The minimum absolute atomic E-state index is 0.0115. The summed E-state index contributed by atoms with van der Waals surface area (Å²) >= 11 is 0. The van der Waals surface area contributed by atoms with Crippen LogP contribution < -0.4 is 5.32 Å². The lowest BCUT2D eigenvalue weighted by Crippen LogP contribution is -2.42. The zero-order valence-electron chi connectivity index (χ0n) is 9.12. The van der Waals surface area contributed by atoms with E-state index in [0.29, 0.717) is 5.76 Å². The second kappa shape index (κ2) is 4.79. The first-order valence-electron chi connectivity index (χ1n) is 5.41. The molecular weight excluding hydrogens is 192 g/mol. The van der Waals surface area contributed by atoms with Crippen molar-refractivity contribution >= 4 is 0 Å². The Morgan fingerprint density at radius 2 is 2.20 bits per heavy atom. The number of nitrogens with zero attached hydrogens (tertiary/aromatic N) is 1. The Kier molecular flexibility index (Phi) is 3.41. The van der Waals surface area contributed by atoms with E-state index in [1.807, 2.05) is 13.0 Å². The van der Waals surface area contributed by atoms with Gasteiger partial charge in [-0.2, -0.15) is 0 Å². The normalized spacial score (nSPS) is 18.3. The highest BCUT2D eigenvalue weighted by Gasteiger charge is 2.14. The number of furan rings is 1. The predicted molar refractivity (Wildman–Crippen MR) is 57.5 cm³/mol. The molecule has 0 spiro atoms. The fourth-order valence-electron chi connectivity index (χ4n) is 1.90. The molecule has 15 heavy (non-hydrogen) atoms. The van der Waals surface area contributed by atoms with Crippen molar-refractivity contribution in [1.29, 1.82) is 0 Å². The van der Waals surface area contributed by atoms with Gasteiger partial charge >= 0.3 is 0 Å². The molecule has 1 aromatic heterocycles. The molecule has 4 nitrogen and oxygen atoms in total. The lowest BCUT2D eigenvalue weighted by Gasteiger charge is -2.26. The maximum atomic E-state index is 8.96. The molecule has 0 atom stereocenters. The summed E-state index contributed by atoms with van der Waals surface area (Å²) in [6, 6.07) is 1.91. The Balaban J connectivity index is 1.99. The Bertz CT molecular complexity index is 316. The zero-order valence-corrected chi connectivity index (χ0v) is 9.12. The Morgan fingerprint density at radius 3 is 2.80 bits per heavy atom. The molecule has 0 saturated carbocycles. The summed E-state index contributed by atoms with van der Waals surface area (Å²) in [5, 5.41) is 12.3. The molecule has 0 amide bonds. The largest absolute Gasteiger partial charge is 0.462 e. The summed E-state index contributed by atoms with van der Waals surface area (Å²) in [6.45, 7) is 7.10. The maximum Gasteiger partial charge on any atom is 0.129 e. The molecule has 0 aromatic carbocycles. The molecule has 2 heterocycles. The second-order valence-corrected chi connectivity index (χ2v) is 4.00. The minimum atomic E-state index is -0.0115. The van der Waals surface area contributed by atoms with Gasteiger partial charge in [0.1, 0.15) is 18.1 Å². The Morgan fingerprint density at radius 1 is 1.47 bits per heavy atom. The third-order valence-electron chi connectivity index (χ3n) is 2.80. The summed E-state index contributed by atoms with van der Waals surface area (Å²) in [4.78, 5) is 2.36. The number of rotatable bonds is 3. The van der Waals surface area contributed by atoms with E-state index in [1.165, 1.54) is 0 Å². The van der Waals surface area contributed by atoms with Crippen molar-refractivity contribution in [2.24, 2.45) is 0 Å². The van der Waals surface area contributed by atoms with E-state index >= 15 is 0 Å². The topological polar surface area (TPSA) is 48.6 Å². The first kappa shape index (κ1) is 10.7. The van der Waals surface area contributed by atoms with Crippen molar-refractivity contribution in [2.45, 2.75) is 20.1 Å². The standard InChI is InChI=1S/C11H18N2O2/c1-9-6-10(8-14)15-11(9)7-13-4-2-12-3-5-13/h6,12,14H,2-5,7-8H2,1H3. The van der Waals surface area contributed by atoms with Crippen LogP contribution in [0, 0.1) is 6.92 Å². The maximum absolute atomic E-state index is 8.96. The van der Waals surface area contributed by atoms with Gasteiger partial charge in [0.2, 0.25) is 0 Å². The Labute approximate surface area is 89.9 Å². The lowest BCUT2D eigenvalue weighted by atomic mass is 10.2. The van der Waals surface area contributed by atoms with Crippen molar-refractivity contribution in [1.82, 2.24) is 10.2 Å². The molecule has 1 aliphatic rings. The van der Waals surface area contributed by atoms with Crippen LogP contribution in [0.5, 0.6) is 0 Å². The molecule has 0 radical (unpaired) electrons. The summed E-state index contributed by atoms with van der Waals surface area (Å²) in [7, 11) is 0. The Hall–Kier alpha value is -0.840. The number of aliphatic hydroxyl groups excluding tert-OH is 1. The summed E-state index contributed by atoms with van der Waals surface area (Å²) in [5.41, 5.74) is 1.14. The summed E-state index contributed by atoms with van der Waals surface area (Å²) < 4.78 is 5.55. The smallest absolute Gasteiger partial charge is 0.129 e. The van der Waals surface area contributed by atoms with E-state index in [2.05, 4.69) is 10.2 Å². The van der Waals surface area contributed by atoms with Crippen molar-refractivity contribution < 1.29 is 9.52 Å². The van der Waals surface area contributed by atoms with E-state index in [1.54, 1.807) is 0 Å². The first-order chi connectivity index (χ1) is 7.29. The van der Waals surface area contributed by atoms with E-state index in [4.69, 9.17) is 9.52 Å². The van der Waals surface area contributed by atoms with Gasteiger partial charge in [0.15, 0.2) is 0 Å². The predicted octanol–water partition coefficient (Wildman–Crippen LogP) is 0.486. The highest BCUT2D eigenvalue weighted by molar-refractivity contribution is 5.19. The zero-order chi connectivity index (χ0) is 10.7. The van der Waals surface area contributed by atoms with Gasteiger partial charge in [-0.3, -0.25) is 4.90 Å². The van der Waals surface area contributed by atoms with Crippen molar-refractivity contribution in [3.05, 3.63) is 23.2 Å². The second-order valence-electron chi connectivity index (χ2n) is 4.00. The van der Waals surface area contributed by atoms with Crippen LogP contribution in [0.25, 0.3) is 0 Å². The molecule has 0 aliphatic carbocycles. The molecule has 1 aliphatic heterocycles. The van der Waals surface area contributed by atoms with Crippen LogP contribution in [-0.2, 0) is 13.2 Å². The fourth-order valence-corrected chi connectivity index (χ4v) is 1.90.